The van der Waals surface area contributed by atoms with E-state index in [-0.39, 0.29) is 5.91 Å². The summed E-state index contributed by atoms with van der Waals surface area (Å²) >= 11 is 0. The molecule has 1 heterocycles. The third-order valence-corrected chi connectivity index (χ3v) is 2.06. The van der Waals surface area contributed by atoms with Gasteiger partial charge >= 0.3 is 0 Å². The number of aromatic nitrogens is 1. The van der Waals surface area contributed by atoms with Gasteiger partial charge in [-0.3, -0.25) is 4.79 Å². The molecule has 0 aliphatic carbocycles. The summed E-state index contributed by atoms with van der Waals surface area (Å²) < 4.78 is 0. The molecule has 1 rings (SSSR count). The van der Waals surface area contributed by atoms with Crippen molar-refractivity contribution < 1.29 is 4.79 Å². The van der Waals surface area contributed by atoms with Crippen LogP contribution in [0, 0.1) is 6.92 Å². The molecule has 0 aromatic carbocycles. The molecule has 0 spiro atoms. The van der Waals surface area contributed by atoms with Crippen LogP contribution in [0.25, 0.3) is 0 Å². The quantitative estimate of drug-likeness (QED) is 0.798. The molecular formula is C11H16N2O. The number of carbonyl (C=O) groups excluding carboxylic acids is 1. The van der Waals surface area contributed by atoms with Crippen LogP contribution in [0.3, 0.4) is 0 Å². The van der Waals surface area contributed by atoms with Gasteiger partial charge < -0.3 is 5.32 Å². The van der Waals surface area contributed by atoms with Crippen LogP contribution >= 0.6 is 0 Å². The maximum absolute atomic E-state index is 11.2. The molecule has 1 aromatic rings. The number of carbonyl (C=O) groups is 1. The molecule has 1 amide bonds. The van der Waals surface area contributed by atoms with Gasteiger partial charge in [0, 0.05) is 12.6 Å². The molecule has 0 aliphatic rings. The van der Waals surface area contributed by atoms with Gasteiger partial charge in [-0.05, 0) is 24.5 Å². The highest BCUT2D eigenvalue weighted by Gasteiger charge is 2.05. The van der Waals surface area contributed by atoms with Crippen LogP contribution in [0.4, 0.5) is 5.82 Å². The molecule has 0 unspecified atom stereocenters. The molecule has 14 heavy (non-hydrogen) atoms. The lowest BCUT2D eigenvalue weighted by molar-refractivity contribution is -0.115. The average Bonchev–Trinajstić information content (AvgIpc) is 2.20. The molecule has 1 N–H and O–H groups in total. The van der Waals surface area contributed by atoms with Gasteiger partial charge in [-0.15, -0.1) is 0 Å². The summed E-state index contributed by atoms with van der Waals surface area (Å²) in [6.45, 7) is 5.88. The van der Waals surface area contributed by atoms with Gasteiger partial charge in [0.15, 0.2) is 0 Å². The third kappa shape index (κ3) is 2.55. The van der Waals surface area contributed by atoms with Gasteiger partial charge in [-0.25, -0.2) is 4.98 Å². The highest BCUT2D eigenvalue weighted by Crippen LogP contribution is 2.14. The summed E-state index contributed by atoms with van der Waals surface area (Å²) in [7, 11) is 0. The highest BCUT2D eigenvalue weighted by molar-refractivity contribution is 5.90. The van der Waals surface area contributed by atoms with Gasteiger partial charge in [0.25, 0.3) is 0 Å². The number of nitrogens with one attached hydrogen (secondary N) is 1. The van der Waals surface area contributed by atoms with Gasteiger partial charge in [0.05, 0.1) is 0 Å². The van der Waals surface area contributed by atoms with Crippen molar-refractivity contribution >= 4 is 11.7 Å². The number of aryl methyl sites for hydroxylation is 2. The molecule has 0 saturated carbocycles. The van der Waals surface area contributed by atoms with E-state index in [2.05, 4.69) is 23.3 Å². The zero-order valence-electron chi connectivity index (χ0n) is 8.92. The molecule has 0 fully saturated rings. The van der Waals surface area contributed by atoms with E-state index in [1.165, 1.54) is 0 Å². The fraction of sp³-hybridized carbons (Fsp3) is 0.455. The zero-order valence-corrected chi connectivity index (χ0v) is 8.92. The minimum atomic E-state index is 0.0102. The summed E-state index contributed by atoms with van der Waals surface area (Å²) in [6, 6.07) is 2.05. The van der Waals surface area contributed by atoms with E-state index in [9.17, 15) is 4.79 Å². The second kappa shape index (κ2) is 4.74. The molecule has 1 aromatic heterocycles. The number of anilines is 1. The number of amides is 1. The smallest absolute Gasteiger partial charge is 0.225 e. The van der Waals surface area contributed by atoms with Crippen LogP contribution in [0.1, 0.15) is 31.4 Å². The summed E-state index contributed by atoms with van der Waals surface area (Å²) in [4.78, 5) is 15.4. The average molecular weight is 192 g/mol. The van der Waals surface area contributed by atoms with Gasteiger partial charge in [0.1, 0.15) is 5.82 Å². The molecule has 0 aliphatic heterocycles. The number of hydrogen-bond donors (Lipinski definition) is 1. The maximum Gasteiger partial charge on any atom is 0.225 e. The van der Waals surface area contributed by atoms with Crippen molar-refractivity contribution in [3.63, 3.8) is 0 Å². The van der Waals surface area contributed by atoms with Crippen LogP contribution in [0.15, 0.2) is 12.3 Å². The van der Waals surface area contributed by atoms with E-state index in [0.717, 1.165) is 17.5 Å². The number of pyridine rings is 1. The summed E-state index contributed by atoms with van der Waals surface area (Å²) in [5.41, 5.74) is 2.21. The SMILES string of the molecule is CCC(=O)Nc1ncc(C)cc1CC. The first-order valence-corrected chi connectivity index (χ1v) is 4.92. The standard InChI is InChI=1S/C11H16N2O/c1-4-9-6-8(3)7-12-11(9)13-10(14)5-2/h6-7H,4-5H2,1-3H3,(H,12,13,14). The lowest BCUT2D eigenvalue weighted by Gasteiger charge is -2.08. The number of rotatable bonds is 3. The zero-order chi connectivity index (χ0) is 10.6. The van der Waals surface area contributed by atoms with Crippen LogP contribution in [-0.4, -0.2) is 10.9 Å². The second-order valence-electron chi connectivity index (χ2n) is 3.28. The van der Waals surface area contributed by atoms with Crippen LogP contribution in [-0.2, 0) is 11.2 Å². The van der Waals surface area contributed by atoms with Gasteiger partial charge in [-0.1, -0.05) is 19.9 Å². The molecule has 0 saturated heterocycles. The first kappa shape index (κ1) is 10.7. The van der Waals surface area contributed by atoms with Crippen LogP contribution < -0.4 is 5.32 Å². The fourth-order valence-corrected chi connectivity index (χ4v) is 1.23. The van der Waals surface area contributed by atoms with E-state index in [1.54, 1.807) is 6.20 Å². The van der Waals surface area contributed by atoms with Gasteiger partial charge in [-0.2, -0.15) is 0 Å². The lowest BCUT2D eigenvalue weighted by atomic mass is 10.1. The maximum atomic E-state index is 11.2. The monoisotopic (exact) mass is 192 g/mol. The van der Waals surface area contributed by atoms with E-state index in [4.69, 9.17) is 0 Å². The largest absolute Gasteiger partial charge is 0.310 e. The Morgan fingerprint density at radius 3 is 2.79 bits per heavy atom. The second-order valence-corrected chi connectivity index (χ2v) is 3.28. The first-order valence-electron chi connectivity index (χ1n) is 4.92. The van der Waals surface area contributed by atoms with Crippen molar-refractivity contribution in [2.45, 2.75) is 33.6 Å². The first-order chi connectivity index (χ1) is 6.67. The lowest BCUT2D eigenvalue weighted by Crippen LogP contribution is -2.12. The minimum absolute atomic E-state index is 0.0102. The van der Waals surface area contributed by atoms with Crippen molar-refractivity contribution in [2.24, 2.45) is 0 Å². The predicted octanol–water partition coefficient (Wildman–Crippen LogP) is 2.30. The Labute approximate surface area is 84.6 Å². The third-order valence-electron chi connectivity index (χ3n) is 2.06. The Morgan fingerprint density at radius 1 is 1.50 bits per heavy atom. The Morgan fingerprint density at radius 2 is 2.21 bits per heavy atom. The molecule has 0 atom stereocenters. The molecule has 3 nitrogen and oxygen atoms in total. The fourth-order valence-electron chi connectivity index (χ4n) is 1.23. The molecule has 0 bridgehead atoms. The van der Waals surface area contributed by atoms with Gasteiger partial charge in [0.2, 0.25) is 5.91 Å². The summed E-state index contributed by atoms with van der Waals surface area (Å²) in [5, 5.41) is 2.79. The number of hydrogen-bond acceptors (Lipinski definition) is 2. The highest BCUT2D eigenvalue weighted by atomic mass is 16.1. The predicted molar refractivity (Wildman–Crippen MR) is 57.3 cm³/mol. The molecule has 3 heteroatoms. The number of nitrogens with zero attached hydrogens (tertiary/aromatic N) is 1. The minimum Gasteiger partial charge on any atom is -0.310 e. The Bertz CT molecular complexity index is 334. The molecule has 0 radical (unpaired) electrons. The summed E-state index contributed by atoms with van der Waals surface area (Å²) in [6.07, 6.45) is 3.14. The normalized spacial score (nSPS) is 9.93. The van der Waals surface area contributed by atoms with E-state index >= 15 is 0 Å². The van der Waals surface area contributed by atoms with Crippen molar-refractivity contribution in [2.75, 3.05) is 5.32 Å². The van der Waals surface area contributed by atoms with E-state index < -0.39 is 0 Å². The van der Waals surface area contributed by atoms with E-state index in [1.807, 2.05) is 13.8 Å². The summed E-state index contributed by atoms with van der Waals surface area (Å²) in [5.74, 6) is 0.709. The Kier molecular flexibility index (Phi) is 3.63. The van der Waals surface area contributed by atoms with Crippen molar-refractivity contribution in [1.29, 1.82) is 0 Å². The Hall–Kier alpha value is -1.38. The van der Waals surface area contributed by atoms with Crippen molar-refractivity contribution in [3.05, 3.63) is 23.4 Å². The topological polar surface area (TPSA) is 42.0 Å². The van der Waals surface area contributed by atoms with Crippen molar-refractivity contribution in [1.82, 2.24) is 4.98 Å². The van der Waals surface area contributed by atoms with Crippen LogP contribution in [0.2, 0.25) is 0 Å². The van der Waals surface area contributed by atoms with Crippen LogP contribution in [0.5, 0.6) is 0 Å². The Balaban J connectivity index is 2.90. The van der Waals surface area contributed by atoms with Crippen molar-refractivity contribution in [3.8, 4) is 0 Å². The van der Waals surface area contributed by atoms with E-state index in [0.29, 0.717) is 12.2 Å². The molecular weight excluding hydrogens is 176 g/mol. The molecule has 76 valence electrons.